The Kier molecular flexibility index (Phi) is 5.19. The number of carbonyl (C=O) groups excluding carboxylic acids is 1. The van der Waals surface area contributed by atoms with Crippen LogP contribution in [-0.4, -0.2) is 47.0 Å². The number of aromatic nitrogens is 2. The van der Waals surface area contributed by atoms with Crippen molar-refractivity contribution in [2.24, 2.45) is 5.92 Å². The molecule has 2 aromatic rings. The van der Waals surface area contributed by atoms with E-state index in [2.05, 4.69) is 45.2 Å². The Morgan fingerprint density at radius 1 is 1.15 bits per heavy atom. The van der Waals surface area contributed by atoms with Crippen molar-refractivity contribution in [3.8, 4) is 0 Å². The molecule has 1 aromatic heterocycles. The third kappa shape index (κ3) is 4.02. The minimum Gasteiger partial charge on any atom is -0.340 e. The molecule has 1 fully saturated rings. The number of piperidine rings is 1. The summed E-state index contributed by atoms with van der Waals surface area (Å²) in [5.41, 5.74) is 3.58. The Bertz CT molecular complexity index is 833. The van der Waals surface area contributed by atoms with Crippen LogP contribution in [0.3, 0.4) is 0 Å². The Morgan fingerprint density at radius 2 is 2.00 bits per heavy atom. The quantitative estimate of drug-likeness (QED) is 0.840. The summed E-state index contributed by atoms with van der Waals surface area (Å²) in [4.78, 5) is 26.2. The lowest BCUT2D eigenvalue weighted by atomic mass is 9.94. The number of hydrogen-bond acceptors (Lipinski definition) is 4. The van der Waals surface area contributed by atoms with Crippen LogP contribution >= 0.6 is 0 Å². The highest BCUT2D eigenvalue weighted by atomic mass is 16.2. The molecular weight excluding hydrogens is 336 g/mol. The van der Waals surface area contributed by atoms with Crippen molar-refractivity contribution in [3.63, 3.8) is 0 Å². The van der Waals surface area contributed by atoms with Crippen molar-refractivity contribution < 1.29 is 4.79 Å². The summed E-state index contributed by atoms with van der Waals surface area (Å²) in [6, 6.07) is 12.4. The molecule has 0 spiro atoms. The van der Waals surface area contributed by atoms with Crippen LogP contribution < -0.4 is 4.90 Å². The van der Waals surface area contributed by atoms with Gasteiger partial charge in [-0.05, 0) is 43.4 Å². The van der Waals surface area contributed by atoms with Crippen molar-refractivity contribution in [2.45, 2.75) is 26.2 Å². The number of hydrogen-bond donors (Lipinski definition) is 0. The molecule has 0 N–H and O–H groups in total. The van der Waals surface area contributed by atoms with Crippen molar-refractivity contribution in [1.29, 1.82) is 0 Å². The number of benzene rings is 1. The first kappa shape index (κ1) is 17.7. The van der Waals surface area contributed by atoms with E-state index in [9.17, 15) is 4.79 Å². The fourth-order valence-electron chi connectivity index (χ4n) is 3.99. The Balaban J connectivity index is 1.40. The highest BCUT2D eigenvalue weighted by molar-refractivity contribution is 5.81. The maximum absolute atomic E-state index is 13.1. The van der Waals surface area contributed by atoms with Gasteiger partial charge in [0.25, 0.3) is 0 Å². The average Bonchev–Trinajstić information content (AvgIpc) is 2.74. The lowest BCUT2D eigenvalue weighted by Crippen LogP contribution is -2.46. The predicted octanol–water partition coefficient (Wildman–Crippen LogP) is 3.32. The first-order chi connectivity index (χ1) is 13.2. The standard InChI is InChI=1S/C22H26N4O/c1-17-9-12-23-22(24-17)26-13-5-8-20(16-26)21(27)25-14-10-19(11-15-25)18-6-3-2-4-7-18/h2-4,6-7,9-10,12,20H,5,8,11,13-16H2,1H3. The van der Waals surface area contributed by atoms with Crippen LogP contribution in [0, 0.1) is 12.8 Å². The maximum Gasteiger partial charge on any atom is 0.227 e. The number of anilines is 1. The summed E-state index contributed by atoms with van der Waals surface area (Å²) in [5.74, 6) is 1.06. The number of rotatable bonds is 3. The lowest BCUT2D eigenvalue weighted by molar-refractivity contribution is -0.135. The Hall–Kier alpha value is -2.69. The molecule has 1 unspecified atom stereocenters. The molecule has 0 bridgehead atoms. The molecule has 4 rings (SSSR count). The molecule has 1 aromatic carbocycles. The van der Waals surface area contributed by atoms with Crippen molar-refractivity contribution in [1.82, 2.24) is 14.9 Å². The third-order valence-corrected chi connectivity index (χ3v) is 5.50. The molecule has 0 radical (unpaired) electrons. The number of amides is 1. The fourth-order valence-corrected chi connectivity index (χ4v) is 3.99. The molecule has 1 saturated heterocycles. The average molecular weight is 362 g/mol. The largest absolute Gasteiger partial charge is 0.340 e. The summed E-state index contributed by atoms with van der Waals surface area (Å²) in [6.07, 6.45) is 6.89. The van der Waals surface area contributed by atoms with Gasteiger partial charge in [-0.3, -0.25) is 4.79 Å². The van der Waals surface area contributed by atoms with Gasteiger partial charge in [0.1, 0.15) is 0 Å². The van der Waals surface area contributed by atoms with Crippen LogP contribution in [0.25, 0.3) is 5.57 Å². The molecule has 0 saturated carbocycles. The Labute approximate surface area is 160 Å². The van der Waals surface area contributed by atoms with E-state index in [4.69, 9.17) is 0 Å². The fraction of sp³-hybridized carbons (Fsp3) is 0.409. The molecule has 27 heavy (non-hydrogen) atoms. The van der Waals surface area contributed by atoms with Crippen molar-refractivity contribution >= 4 is 17.4 Å². The summed E-state index contributed by atoms with van der Waals surface area (Å²) >= 11 is 0. The van der Waals surface area contributed by atoms with Gasteiger partial charge in [-0.2, -0.15) is 0 Å². The van der Waals surface area contributed by atoms with Crippen LogP contribution in [-0.2, 0) is 4.79 Å². The minimum absolute atomic E-state index is 0.0366. The molecule has 1 atom stereocenters. The van der Waals surface area contributed by atoms with Crippen LogP contribution in [0.2, 0.25) is 0 Å². The maximum atomic E-state index is 13.1. The highest BCUT2D eigenvalue weighted by Crippen LogP contribution is 2.26. The van der Waals surface area contributed by atoms with E-state index in [0.717, 1.165) is 44.0 Å². The SMILES string of the molecule is Cc1ccnc(N2CCCC(C(=O)N3CC=C(c4ccccc4)CC3)C2)n1. The van der Waals surface area contributed by atoms with Crippen LogP contribution in [0.5, 0.6) is 0 Å². The molecule has 5 heteroatoms. The highest BCUT2D eigenvalue weighted by Gasteiger charge is 2.31. The van der Waals surface area contributed by atoms with E-state index in [1.54, 1.807) is 6.20 Å². The number of carbonyl (C=O) groups is 1. The van der Waals surface area contributed by atoms with Gasteiger partial charge < -0.3 is 9.80 Å². The van der Waals surface area contributed by atoms with Crippen LogP contribution in [0.15, 0.2) is 48.7 Å². The normalized spacial score (nSPS) is 20.3. The molecule has 140 valence electrons. The third-order valence-electron chi connectivity index (χ3n) is 5.50. The molecule has 3 heterocycles. The van der Waals surface area contributed by atoms with E-state index < -0.39 is 0 Å². The smallest absolute Gasteiger partial charge is 0.227 e. The van der Waals surface area contributed by atoms with Gasteiger partial charge >= 0.3 is 0 Å². The zero-order chi connectivity index (χ0) is 18.6. The monoisotopic (exact) mass is 362 g/mol. The second kappa shape index (κ2) is 7.91. The Morgan fingerprint density at radius 3 is 2.74 bits per heavy atom. The van der Waals surface area contributed by atoms with Crippen molar-refractivity contribution in [3.05, 3.63) is 59.9 Å². The van der Waals surface area contributed by atoms with Gasteiger partial charge in [0, 0.05) is 38.1 Å². The van der Waals surface area contributed by atoms with E-state index in [0.29, 0.717) is 13.1 Å². The van der Waals surface area contributed by atoms with Crippen LogP contribution in [0.4, 0.5) is 5.95 Å². The lowest BCUT2D eigenvalue weighted by Gasteiger charge is -2.36. The number of nitrogens with zero attached hydrogens (tertiary/aromatic N) is 4. The molecule has 0 aliphatic carbocycles. The zero-order valence-electron chi connectivity index (χ0n) is 15.8. The summed E-state index contributed by atoms with van der Waals surface area (Å²) in [6.45, 7) is 5.12. The first-order valence-electron chi connectivity index (χ1n) is 9.78. The number of aryl methyl sites for hydroxylation is 1. The second-order valence-corrected chi connectivity index (χ2v) is 7.41. The second-order valence-electron chi connectivity index (χ2n) is 7.41. The van der Waals surface area contributed by atoms with E-state index in [1.807, 2.05) is 24.0 Å². The summed E-state index contributed by atoms with van der Waals surface area (Å²) in [7, 11) is 0. The molecule has 5 nitrogen and oxygen atoms in total. The summed E-state index contributed by atoms with van der Waals surface area (Å²) in [5, 5.41) is 0. The first-order valence-corrected chi connectivity index (χ1v) is 9.78. The van der Waals surface area contributed by atoms with Gasteiger partial charge in [0.2, 0.25) is 11.9 Å². The topological polar surface area (TPSA) is 49.3 Å². The molecule has 1 amide bonds. The van der Waals surface area contributed by atoms with Crippen molar-refractivity contribution in [2.75, 3.05) is 31.1 Å². The predicted molar refractivity (Wildman–Crippen MR) is 107 cm³/mol. The van der Waals surface area contributed by atoms with E-state index in [-0.39, 0.29) is 11.8 Å². The minimum atomic E-state index is 0.0366. The summed E-state index contributed by atoms with van der Waals surface area (Å²) < 4.78 is 0. The molecular formula is C22H26N4O. The molecule has 2 aliphatic heterocycles. The van der Waals surface area contributed by atoms with Gasteiger partial charge in [-0.1, -0.05) is 36.4 Å². The zero-order valence-corrected chi connectivity index (χ0v) is 15.8. The van der Waals surface area contributed by atoms with Crippen LogP contribution in [0.1, 0.15) is 30.5 Å². The van der Waals surface area contributed by atoms with Gasteiger partial charge in [0.05, 0.1) is 5.92 Å². The molecule has 2 aliphatic rings. The van der Waals surface area contributed by atoms with E-state index >= 15 is 0 Å². The van der Waals surface area contributed by atoms with Gasteiger partial charge in [-0.15, -0.1) is 0 Å². The van der Waals surface area contributed by atoms with Gasteiger partial charge in [-0.25, -0.2) is 9.97 Å². The van der Waals surface area contributed by atoms with Gasteiger partial charge in [0.15, 0.2) is 0 Å². The van der Waals surface area contributed by atoms with E-state index in [1.165, 1.54) is 11.1 Å².